The highest BCUT2D eigenvalue weighted by atomic mass is 19.1. The van der Waals surface area contributed by atoms with Crippen molar-refractivity contribution in [2.45, 2.75) is 129 Å². The number of benzene rings is 6. The number of carbonyl (C=O) groups is 4. The molecule has 6 aromatic rings. The van der Waals surface area contributed by atoms with Gasteiger partial charge in [0.05, 0.1) is 24.3 Å². The van der Waals surface area contributed by atoms with Gasteiger partial charge in [-0.05, 0) is 120 Å². The molecule has 12 heteroatoms. The molecule has 0 unspecified atom stereocenters. The summed E-state index contributed by atoms with van der Waals surface area (Å²) in [6.45, 7) is 5.76. The molecule has 0 aliphatic carbocycles. The molecule has 0 saturated carbocycles. The Labute approximate surface area is 446 Å². The van der Waals surface area contributed by atoms with Crippen LogP contribution in [0.15, 0.2) is 133 Å². The molecule has 0 aliphatic rings. The van der Waals surface area contributed by atoms with Crippen LogP contribution < -0.4 is 28.4 Å². The third-order valence-corrected chi connectivity index (χ3v) is 12.6. The van der Waals surface area contributed by atoms with Gasteiger partial charge in [-0.15, -0.1) is 0 Å². The van der Waals surface area contributed by atoms with Crippen molar-refractivity contribution in [1.29, 1.82) is 0 Å². The van der Waals surface area contributed by atoms with Crippen LogP contribution in [0.4, 0.5) is 8.78 Å². The van der Waals surface area contributed by atoms with Gasteiger partial charge < -0.3 is 28.4 Å². The van der Waals surface area contributed by atoms with Crippen LogP contribution >= 0.6 is 0 Å². The average molecular weight is 1040 g/mol. The highest BCUT2D eigenvalue weighted by Gasteiger charge is 2.19. The molecule has 6 rings (SSSR count). The van der Waals surface area contributed by atoms with Crippen molar-refractivity contribution >= 4 is 46.8 Å². The van der Waals surface area contributed by atoms with E-state index in [1.54, 1.807) is 24.3 Å². The van der Waals surface area contributed by atoms with Gasteiger partial charge in [0.15, 0.2) is 0 Å². The summed E-state index contributed by atoms with van der Waals surface area (Å²) in [6.07, 6.45) is 27.9. The zero-order chi connectivity index (χ0) is 53.7. The molecule has 0 heterocycles. The van der Waals surface area contributed by atoms with Gasteiger partial charge in [0.25, 0.3) is 0 Å². The van der Waals surface area contributed by atoms with Gasteiger partial charge in [-0.2, -0.15) is 0 Å². The number of carbonyl (C=O) groups excluding carboxylic acids is 4. The Morgan fingerprint density at radius 1 is 0.368 bits per heavy atom. The third kappa shape index (κ3) is 20.3. The zero-order valence-electron chi connectivity index (χ0n) is 43.8. The van der Waals surface area contributed by atoms with E-state index >= 15 is 8.78 Å². The number of hydrogen-bond acceptors (Lipinski definition) is 10. The predicted octanol–water partition coefficient (Wildman–Crippen LogP) is 16.6. The van der Waals surface area contributed by atoms with Gasteiger partial charge in [-0.1, -0.05) is 153 Å². The topological polar surface area (TPSA) is 124 Å². The minimum Gasteiger partial charge on any atom is -0.494 e. The summed E-state index contributed by atoms with van der Waals surface area (Å²) in [4.78, 5) is 51.3. The van der Waals surface area contributed by atoms with E-state index in [0.29, 0.717) is 24.0 Å². The SMILES string of the molecule is CCCCCCCCCCCOc1ccc(/C=C/C(=O)Oc2ccc(C(=O)Oc3ccc4ccc(OC(=O)c5ccc(OC(=O)/C=C/c6ccc(OCCCCCCCCCCC)cc6)cc5F)cc4c3)c(F)c2)cc1. The number of unbranched alkanes of at least 4 members (excludes halogenated alkanes) is 16. The summed E-state index contributed by atoms with van der Waals surface area (Å²) < 4.78 is 63.6. The van der Waals surface area contributed by atoms with E-state index in [2.05, 4.69) is 13.8 Å². The number of ether oxygens (including phenoxy) is 6. The van der Waals surface area contributed by atoms with E-state index in [1.807, 2.05) is 48.5 Å². The zero-order valence-corrected chi connectivity index (χ0v) is 43.8. The number of esters is 4. The van der Waals surface area contributed by atoms with Gasteiger partial charge >= 0.3 is 23.9 Å². The molecule has 0 N–H and O–H groups in total. The summed E-state index contributed by atoms with van der Waals surface area (Å²) >= 11 is 0. The fourth-order valence-corrected chi connectivity index (χ4v) is 8.29. The van der Waals surface area contributed by atoms with Crippen LogP contribution in [0, 0.1) is 11.6 Å². The average Bonchev–Trinajstić information content (AvgIpc) is 3.41. The second kappa shape index (κ2) is 32.0. The first-order valence-corrected chi connectivity index (χ1v) is 26.9. The predicted molar refractivity (Wildman–Crippen MR) is 294 cm³/mol. The van der Waals surface area contributed by atoms with E-state index < -0.39 is 46.6 Å². The summed E-state index contributed by atoms with van der Waals surface area (Å²) in [6, 6.07) is 30.6. The maximum absolute atomic E-state index is 15.2. The lowest BCUT2D eigenvalue weighted by Gasteiger charge is -2.10. The molecule has 0 aromatic heterocycles. The van der Waals surface area contributed by atoms with Crippen molar-refractivity contribution in [3.8, 4) is 34.5 Å². The molecule has 0 saturated heterocycles. The highest BCUT2D eigenvalue weighted by molar-refractivity contribution is 5.95. The van der Waals surface area contributed by atoms with Gasteiger partial charge in [-0.25, -0.2) is 28.0 Å². The van der Waals surface area contributed by atoms with E-state index in [1.165, 1.54) is 138 Å². The van der Waals surface area contributed by atoms with Crippen LogP contribution in [0.3, 0.4) is 0 Å². The molecule has 10 nitrogen and oxygen atoms in total. The maximum atomic E-state index is 15.2. The molecule has 400 valence electrons. The van der Waals surface area contributed by atoms with Crippen LogP contribution in [0.1, 0.15) is 161 Å². The van der Waals surface area contributed by atoms with E-state index in [-0.39, 0.29) is 23.0 Å². The van der Waals surface area contributed by atoms with Crippen molar-refractivity contribution in [1.82, 2.24) is 0 Å². The van der Waals surface area contributed by atoms with Gasteiger partial charge in [0, 0.05) is 24.3 Å². The van der Waals surface area contributed by atoms with Crippen molar-refractivity contribution in [3.05, 3.63) is 167 Å². The largest absolute Gasteiger partial charge is 0.494 e. The lowest BCUT2D eigenvalue weighted by atomic mass is 10.1. The lowest BCUT2D eigenvalue weighted by Crippen LogP contribution is -2.12. The number of rotatable bonds is 32. The van der Waals surface area contributed by atoms with Crippen LogP contribution in [-0.2, 0) is 9.59 Å². The van der Waals surface area contributed by atoms with Crippen molar-refractivity contribution in [2.24, 2.45) is 0 Å². The van der Waals surface area contributed by atoms with Crippen molar-refractivity contribution < 1.29 is 56.4 Å². The standard InChI is InChI=1S/C64H70F2O10/c1-3-5-7-9-11-13-15-17-19-41-71-51-29-21-47(22-30-51)25-39-61(67)73-55-35-37-57(59(65)45-55)63(69)75-53-33-27-49-28-34-54(44-50(49)43-53)76-64(70)58-38-36-56(46-60(58)66)74-62(68)40-26-48-23-31-52(32-24-48)72-42-20-18-16-14-12-10-8-6-4-2/h21-40,43-46H,3-20,41-42H2,1-2H3/b39-25+,40-26+. The van der Waals surface area contributed by atoms with Crippen LogP contribution in [0.2, 0.25) is 0 Å². The summed E-state index contributed by atoms with van der Waals surface area (Å²) in [5, 5.41) is 1.18. The number of hydrogen-bond donors (Lipinski definition) is 0. The lowest BCUT2D eigenvalue weighted by molar-refractivity contribution is -0.129. The molecule has 0 radical (unpaired) electrons. The molecule has 0 spiro atoms. The smallest absolute Gasteiger partial charge is 0.346 e. The molecule has 0 aliphatic heterocycles. The Balaban J connectivity index is 0.914. The number of halogens is 2. The number of fused-ring (bicyclic) bond motifs is 1. The monoisotopic (exact) mass is 1040 g/mol. The van der Waals surface area contributed by atoms with Crippen molar-refractivity contribution in [3.63, 3.8) is 0 Å². The van der Waals surface area contributed by atoms with E-state index in [4.69, 9.17) is 28.4 Å². The van der Waals surface area contributed by atoms with Crippen LogP contribution in [-0.4, -0.2) is 37.1 Å². The maximum Gasteiger partial charge on any atom is 0.346 e. The Morgan fingerprint density at radius 3 is 1.07 bits per heavy atom. The molecule has 0 bridgehead atoms. The Bertz CT molecular complexity index is 2660. The van der Waals surface area contributed by atoms with Gasteiger partial charge in [0.1, 0.15) is 46.1 Å². The van der Waals surface area contributed by atoms with Crippen molar-refractivity contribution in [2.75, 3.05) is 13.2 Å². The quantitative estimate of drug-likeness (QED) is 0.0175. The van der Waals surface area contributed by atoms with E-state index in [9.17, 15) is 19.2 Å². The molecule has 0 amide bonds. The molecule has 0 fully saturated rings. The molecule has 6 aromatic carbocycles. The summed E-state index contributed by atoms with van der Waals surface area (Å²) in [5.41, 5.74) is 0.690. The third-order valence-electron chi connectivity index (χ3n) is 12.6. The second-order valence-electron chi connectivity index (χ2n) is 18.7. The first kappa shape index (κ1) is 57.7. The fraction of sp³-hybridized carbons (Fsp3) is 0.344. The highest BCUT2D eigenvalue weighted by Crippen LogP contribution is 2.28. The first-order chi connectivity index (χ1) is 37.1. The minimum atomic E-state index is -1.01. The Hall–Kier alpha value is -7.60. The van der Waals surface area contributed by atoms with Crippen LogP contribution in [0.5, 0.6) is 34.5 Å². The summed E-state index contributed by atoms with van der Waals surface area (Å²) in [5.74, 6) is -4.03. The normalized spacial score (nSPS) is 11.3. The molecule has 0 atom stereocenters. The second-order valence-corrected chi connectivity index (χ2v) is 18.7. The van der Waals surface area contributed by atoms with Crippen LogP contribution in [0.25, 0.3) is 22.9 Å². The molecular weight excluding hydrogens is 967 g/mol. The van der Waals surface area contributed by atoms with Gasteiger partial charge in [-0.3, -0.25) is 0 Å². The molecule has 76 heavy (non-hydrogen) atoms. The van der Waals surface area contributed by atoms with E-state index in [0.717, 1.165) is 72.6 Å². The molecular formula is C64H70F2O10. The van der Waals surface area contributed by atoms with Gasteiger partial charge in [0.2, 0.25) is 0 Å². The fourth-order valence-electron chi connectivity index (χ4n) is 8.29. The minimum absolute atomic E-state index is 0.0627. The Morgan fingerprint density at radius 2 is 0.697 bits per heavy atom. The summed E-state index contributed by atoms with van der Waals surface area (Å²) in [7, 11) is 0. The first-order valence-electron chi connectivity index (χ1n) is 26.9. The Kier molecular flexibility index (Phi) is 24.3.